The molecule has 0 radical (unpaired) electrons. The van der Waals surface area contributed by atoms with Gasteiger partial charge in [0.05, 0.1) is 0 Å². The Morgan fingerprint density at radius 1 is 0.769 bits per heavy atom. The molecule has 70 valence electrons. The first-order chi connectivity index (χ1) is 5.66. The third-order valence-corrected chi connectivity index (χ3v) is 1.42. The fourth-order valence-electron chi connectivity index (χ4n) is 0.958. The molecule has 0 aliphatic heterocycles. The van der Waals surface area contributed by atoms with Gasteiger partial charge in [-0.05, 0) is 0 Å². The summed E-state index contributed by atoms with van der Waals surface area (Å²) in [7, 11) is 0. The molecule has 0 aliphatic carbocycles. The molecule has 2 aromatic heterocycles. The Hall–Kier alpha value is -1.70. The Balaban J connectivity index is 0.000000845. The lowest BCUT2D eigenvalue weighted by Crippen LogP contribution is -2.21. The van der Waals surface area contributed by atoms with Crippen LogP contribution in [-0.2, 0) is 0 Å². The number of rotatable bonds is 0. The van der Waals surface area contributed by atoms with Crippen molar-refractivity contribution in [2.45, 2.75) is 0 Å². The molecule has 7 nitrogen and oxygen atoms in total. The summed E-state index contributed by atoms with van der Waals surface area (Å²) >= 11 is 0. The van der Waals surface area contributed by atoms with Gasteiger partial charge in [0.15, 0.2) is 0 Å². The summed E-state index contributed by atoms with van der Waals surface area (Å²) in [4.78, 5) is 41.0. The lowest BCUT2D eigenvalue weighted by molar-refractivity contribution is 1.07. The van der Waals surface area contributed by atoms with E-state index < -0.39 is 16.9 Å². The van der Waals surface area contributed by atoms with Crippen LogP contribution in [0.2, 0.25) is 0 Å². The Bertz CT molecular complexity index is 588. The van der Waals surface area contributed by atoms with Crippen LogP contribution < -0.4 is 16.9 Å². The van der Waals surface area contributed by atoms with Gasteiger partial charge < -0.3 is 0 Å². The molecule has 2 rings (SSSR count). The number of imidazole rings is 1. The second-order valence-electron chi connectivity index (χ2n) is 2.24. The van der Waals surface area contributed by atoms with E-state index >= 15 is 0 Å². The van der Waals surface area contributed by atoms with Crippen LogP contribution in [0, 0.1) is 0 Å². The van der Waals surface area contributed by atoms with E-state index in [1.165, 1.54) is 0 Å². The van der Waals surface area contributed by atoms with Crippen LogP contribution in [0.15, 0.2) is 14.4 Å². The van der Waals surface area contributed by atoms with Crippen molar-refractivity contribution < 1.29 is 0 Å². The molecule has 0 atom stereocenters. The number of hydrogen-bond donors (Lipinski definition) is 4. The van der Waals surface area contributed by atoms with E-state index in [0.29, 0.717) is 0 Å². The number of aromatic nitrogens is 4. The van der Waals surface area contributed by atoms with E-state index in [-0.39, 0.29) is 24.7 Å². The van der Waals surface area contributed by atoms with Gasteiger partial charge in [0, 0.05) is 0 Å². The Kier molecular flexibility index (Phi) is 2.15. The topological polar surface area (TPSA) is 114 Å². The lowest BCUT2D eigenvalue weighted by Gasteiger charge is -1.83. The highest BCUT2D eigenvalue weighted by molar-refractivity contribution is 7.59. The average molecular weight is 202 g/mol. The van der Waals surface area contributed by atoms with E-state index in [1.54, 1.807) is 0 Å². The third kappa shape index (κ3) is 1.43. The Morgan fingerprint density at radius 3 is 1.92 bits per heavy atom. The maximum atomic E-state index is 10.9. The largest absolute Gasteiger partial charge is 0.327 e. The van der Waals surface area contributed by atoms with Gasteiger partial charge in [0.2, 0.25) is 0 Å². The van der Waals surface area contributed by atoms with Gasteiger partial charge in [-0.1, -0.05) is 0 Å². The lowest BCUT2D eigenvalue weighted by atomic mass is 10.5. The van der Waals surface area contributed by atoms with E-state index in [0.717, 1.165) is 0 Å². The smallest absolute Gasteiger partial charge is 0.300 e. The molecule has 0 aromatic carbocycles. The molecular weight excluding hydrogens is 196 g/mol. The molecule has 8 heteroatoms. The first kappa shape index (κ1) is 9.39. The zero-order valence-corrected chi connectivity index (χ0v) is 7.22. The highest BCUT2D eigenvalue weighted by Gasteiger charge is 2.02. The molecule has 2 heterocycles. The van der Waals surface area contributed by atoms with Crippen molar-refractivity contribution >= 4 is 24.7 Å². The maximum absolute atomic E-state index is 10.9. The van der Waals surface area contributed by atoms with Crippen LogP contribution in [0.5, 0.6) is 0 Å². The molecule has 0 amide bonds. The monoisotopic (exact) mass is 202 g/mol. The predicted molar refractivity (Wildman–Crippen MR) is 50.5 cm³/mol. The number of nitrogens with one attached hydrogen (secondary N) is 4. The van der Waals surface area contributed by atoms with E-state index in [4.69, 9.17) is 0 Å². The summed E-state index contributed by atoms with van der Waals surface area (Å²) in [6, 6.07) is 0. The van der Waals surface area contributed by atoms with Crippen molar-refractivity contribution in [1.82, 2.24) is 19.9 Å². The fraction of sp³-hybridized carbons (Fsp3) is 0. The molecule has 0 saturated carbocycles. The van der Waals surface area contributed by atoms with Crippen LogP contribution in [0.3, 0.4) is 0 Å². The minimum Gasteiger partial charge on any atom is -0.300 e. The maximum Gasteiger partial charge on any atom is 0.327 e. The van der Waals surface area contributed by atoms with E-state index in [9.17, 15) is 14.4 Å². The quantitative estimate of drug-likeness (QED) is 0.410. The summed E-state index contributed by atoms with van der Waals surface area (Å²) in [6.07, 6.45) is 0. The van der Waals surface area contributed by atoms with Gasteiger partial charge in [-0.3, -0.25) is 24.7 Å². The summed E-state index contributed by atoms with van der Waals surface area (Å²) in [5, 5.41) is 0. The van der Waals surface area contributed by atoms with Gasteiger partial charge in [-0.2, -0.15) is 13.5 Å². The van der Waals surface area contributed by atoms with Gasteiger partial charge in [0.1, 0.15) is 11.2 Å². The van der Waals surface area contributed by atoms with Crippen molar-refractivity contribution in [3.8, 4) is 0 Å². The zero-order chi connectivity index (χ0) is 8.72. The molecule has 0 unspecified atom stereocenters. The van der Waals surface area contributed by atoms with Crippen molar-refractivity contribution in [2.24, 2.45) is 0 Å². The normalized spacial score (nSPS) is 9.85. The third-order valence-electron chi connectivity index (χ3n) is 1.42. The molecular formula is C5H6N4O3S. The zero-order valence-electron chi connectivity index (χ0n) is 6.22. The number of aromatic amines is 4. The first-order valence-electron chi connectivity index (χ1n) is 3.11. The summed E-state index contributed by atoms with van der Waals surface area (Å²) in [6.45, 7) is 0. The van der Waals surface area contributed by atoms with Gasteiger partial charge in [-0.25, -0.2) is 9.59 Å². The molecule has 0 bridgehead atoms. The van der Waals surface area contributed by atoms with E-state index in [1.807, 2.05) is 4.98 Å². The second-order valence-corrected chi connectivity index (χ2v) is 2.24. The van der Waals surface area contributed by atoms with Crippen LogP contribution in [0.4, 0.5) is 0 Å². The highest BCUT2D eigenvalue weighted by atomic mass is 32.1. The first-order valence-corrected chi connectivity index (χ1v) is 3.11. The van der Waals surface area contributed by atoms with Crippen LogP contribution in [-0.4, -0.2) is 19.9 Å². The molecule has 4 N–H and O–H groups in total. The molecule has 0 aliphatic rings. The Morgan fingerprint density at radius 2 is 1.31 bits per heavy atom. The molecule has 0 spiro atoms. The average Bonchev–Trinajstić information content (AvgIpc) is 2.29. The molecule has 0 fully saturated rings. The molecule has 0 saturated heterocycles. The minimum absolute atomic E-state index is 0. The standard InChI is InChI=1S/C5H4N4O3.H2S/c10-3-1-2(7-4(11)6-1)8-5(12)9-3;/h(H4,6,7,8,9,10,11,12);1H2. The van der Waals surface area contributed by atoms with Crippen molar-refractivity contribution in [1.29, 1.82) is 0 Å². The Labute approximate surface area is 76.7 Å². The van der Waals surface area contributed by atoms with Crippen molar-refractivity contribution in [2.75, 3.05) is 0 Å². The van der Waals surface area contributed by atoms with Crippen LogP contribution in [0.1, 0.15) is 0 Å². The molecule has 13 heavy (non-hydrogen) atoms. The fourth-order valence-corrected chi connectivity index (χ4v) is 0.958. The van der Waals surface area contributed by atoms with Crippen LogP contribution in [0.25, 0.3) is 11.2 Å². The molecule has 2 aromatic rings. The summed E-state index contributed by atoms with van der Waals surface area (Å²) in [5.74, 6) is 0. The number of fused-ring (bicyclic) bond motifs is 1. The van der Waals surface area contributed by atoms with Gasteiger partial charge in [0.25, 0.3) is 5.56 Å². The summed E-state index contributed by atoms with van der Waals surface area (Å²) in [5.41, 5.74) is -1.65. The SMILES string of the molecule is O=c1[nH]c(=O)c2[nH]c(=O)[nH]c2[nH]1.S. The number of hydrogen-bond acceptors (Lipinski definition) is 3. The van der Waals surface area contributed by atoms with Gasteiger partial charge in [-0.15, -0.1) is 0 Å². The van der Waals surface area contributed by atoms with Crippen molar-refractivity contribution in [3.63, 3.8) is 0 Å². The highest BCUT2D eigenvalue weighted by Crippen LogP contribution is 1.88. The second kappa shape index (κ2) is 2.98. The van der Waals surface area contributed by atoms with Gasteiger partial charge >= 0.3 is 11.4 Å². The van der Waals surface area contributed by atoms with Crippen LogP contribution >= 0.6 is 13.5 Å². The predicted octanol–water partition coefficient (Wildman–Crippen LogP) is -1.65. The van der Waals surface area contributed by atoms with Crippen molar-refractivity contribution in [3.05, 3.63) is 31.3 Å². The number of H-pyrrole nitrogens is 4. The summed E-state index contributed by atoms with van der Waals surface area (Å²) < 4.78 is 0. The van der Waals surface area contributed by atoms with E-state index in [2.05, 4.69) is 15.0 Å². The minimum atomic E-state index is -0.650.